The average molecular weight is 649 g/mol. The van der Waals surface area contributed by atoms with Gasteiger partial charge in [-0.3, -0.25) is 34.8 Å². The first-order valence-electron chi connectivity index (χ1n) is 15.9. The quantitative estimate of drug-likeness (QED) is 0.234. The number of ether oxygens (including phenoxy) is 1. The number of hydrogen-bond donors (Lipinski definition) is 3. The van der Waals surface area contributed by atoms with E-state index in [0.29, 0.717) is 74.3 Å². The first-order chi connectivity index (χ1) is 23.2. The van der Waals surface area contributed by atoms with Crippen LogP contribution in [0.2, 0.25) is 0 Å². The Balaban J connectivity index is 1.05. The van der Waals surface area contributed by atoms with Crippen LogP contribution in [0.4, 0.5) is 11.5 Å². The SMILES string of the molecule is CN=CN=C(N)c1ccc(C2=CCN(C(=O)CN3CC[C@]4(CCN(c5ccc(N)c(C(=N)c6ccc(OC)cn6)n5)C4=O)C3)CC2)cc1. The molecule has 48 heavy (non-hydrogen) atoms. The monoisotopic (exact) mass is 648 g/mol. The molecule has 5 heterocycles. The van der Waals surface area contributed by atoms with Gasteiger partial charge in [-0.1, -0.05) is 30.3 Å². The molecule has 248 valence electrons. The number of nitrogens with two attached hydrogens (primary N) is 2. The second-order valence-corrected chi connectivity index (χ2v) is 12.3. The molecular weight excluding hydrogens is 608 g/mol. The molecule has 2 fully saturated rings. The van der Waals surface area contributed by atoms with E-state index in [1.54, 1.807) is 43.3 Å². The number of benzene rings is 1. The van der Waals surface area contributed by atoms with Gasteiger partial charge in [0.25, 0.3) is 0 Å². The van der Waals surface area contributed by atoms with Gasteiger partial charge in [0.15, 0.2) is 0 Å². The first kappa shape index (κ1) is 32.5. The number of pyridine rings is 2. The molecule has 0 radical (unpaired) electrons. The summed E-state index contributed by atoms with van der Waals surface area (Å²) in [6, 6.07) is 14.7. The van der Waals surface area contributed by atoms with E-state index in [-0.39, 0.29) is 29.8 Å². The van der Waals surface area contributed by atoms with Crippen molar-refractivity contribution in [2.24, 2.45) is 21.1 Å². The highest BCUT2D eigenvalue weighted by Crippen LogP contribution is 2.42. The zero-order valence-electron chi connectivity index (χ0n) is 27.2. The van der Waals surface area contributed by atoms with E-state index < -0.39 is 5.41 Å². The molecule has 1 atom stereocenters. The predicted molar refractivity (Wildman–Crippen MR) is 187 cm³/mol. The highest BCUT2D eigenvalue weighted by atomic mass is 16.5. The molecule has 0 aliphatic carbocycles. The van der Waals surface area contributed by atoms with Crippen molar-refractivity contribution >= 4 is 46.8 Å². The van der Waals surface area contributed by atoms with Crippen LogP contribution in [0.3, 0.4) is 0 Å². The topological polar surface area (TPSA) is 179 Å². The molecule has 3 aromatic rings. The zero-order valence-corrected chi connectivity index (χ0v) is 27.2. The number of hydrogen-bond acceptors (Lipinski definition) is 9. The molecule has 0 unspecified atom stereocenters. The van der Waals surface area contributed by atoms with Gasteiger partial charge in [-0.15, -0.1) is 0 Å². The van der Waals surface area contributed by atoms with Crippen LogP contribution < -0.4 is 21.1 Å². The number of nitrogens with one attached hydrogen (secondary N) is 1. The maximum absolute atomic E-state index is 13.9. The Kier molecular flexibility index (Phi) is 9.30. The van der Waals surface area contributed by atoms with Crippen LogP contribution in [0.1, 0.15) is 41.8 Å². The molecule has 3 aliphatic rings. The van der Waals surface area contributed by atoms with E-state index in [1.165, 1.54) is 18.1 Å². The van der Waals surface area contributed by atoms with Gasteiger partial charge in [0, 0.05) is 38.8 Å². The van der Waals surface area contributed by atoms with E-state index in [0.717, 1.165) is 17.5 Å². The Bertz CT molecular complexity index is 1800. The van der Waals surface area contributed by atoms with Crippen LogP contribution in [-0.4, -0.2) is 103 Å². The largest absolute Gasteiger partial charge is 0.495 e. The summed E-state index contributed by atoms with van der Waals surface area (Å²) in [5.41, 5.74) is 15.9. The van der Waals surface area contributed by atoms with E-state index in [1.807, 2.05) is 29.2 Å². The first-order valence-corrected chi connectivity index (χ1v) is 15.9. The van der Waals surface area contributed by atoms with Crippen LogP contribution in [0.15, 0.2) is 70.8 Å². The van der Waals surface area contributed by atoms with Crippen molar-refractivity contribution in [1.29, 1.82) is 5.41 Å². The van der Waals surface area contributed by atoms with Gasteiger partial charge >= 0.3 is 0 Å². The number of nitrogens with zero attached hydrogens (tertiary/aromatic N) is 7. The minimum atomic E-state index is -0.562. The third-order valence-corrected chi connectivity index (χ3v) is 9.38. The van der Waals surface area contributed by atoms with Crippen LogP contribution >= 0.6 is 0 Å². The number of amidine groups is 1. The highest BCUT2D eigenvalue weighted by molar-refractivity contribution is 6.12. The molecule has 6 rings (SSSR count). The van der Waals surface area contributed by atoms with Crippen molar-refractivity contribution in [1.82, 2.24) is 19.8 Å². The number of methoxy groups -OCH3 is 1. The van der Waals surface area contributed by atoms with E-state index in [9.17, 15) is 9.59 Å². The normalized spacial score (nSPS) is 20.2. The van der Waals surface area contributed by atoms with Gasteiger partial charge in [0.2, 0.25) is 11.8 Å². The van der Waals surface area contributed by atoms with Crippen molar-refractivity contribution in [2.75, 3.05) is 64.1 Å². The average Bonchev–Trinajstić information content (AvgIpc) is 3.68. The van der Waals surface area contributed by atoms with Crippen LogP contribution in [-0.2, 0) is 9.59 Å². The summed E-state index contributed by atoms with van der Waals surface area (Å²) in [6.45, 7) is 3.18. The third-order valence-electron chi connectivity index (χ3n) is 9.38. The molecule has 5 N–H and O–H groups in total. The van der Waals surface area contributed by atoms with Crippen molar-refractivity contribution in [3.8, 4) is 5.75 Å². The summed E-state index contributed by atoms with van der Waals surface area (Å²) in [7, 11) is 3.19. The van der Waals surface area contributed by atoms with Gasteiger partial charge in [0.05, 0.1) is 36.6 Å². The van der Waals surface area contributed by atoms with Crippen molar-refractivity contribution in [3.05, 3.63) is 83.3 Å². The van der Waals surface area contributed by atoms with Gasteiger partial charge in [-0.2, -0.15) is 0 Å². The molecule has 0 saturated carbocycles. The van der Waals surface area contributed by atoms with Crippen LogP contribution in [0.25, 0.3) is 5.57 Å². The zero-order chi connectivity index (χ0) is 33.8. The summed E-state index contributed by atoms with van der Waals surface area (Å²) in [6.07, 6.45) is 7.19. The predicted octanol–water partition coefficient (Wildman–Crippen LogP) is 2.59. The molecule has 2 amide bonds. The number of nitrogen functional groups attached to an aromatic ring is 1. The Hall–Kier alpha value is -5.43. The van der Waals surface area contributed by atoms with E-state index >= 15 is 0 Å². The standard InChI is InChI=1S/C35H40N10O3/c1-39-22-41-33(38)25-5-3-23(4-6-25)24-11-15-44(16-12-24)30(46)20-43-17-13-35(21-43)14-18-45(34(35)47)29-10-8-27(36)32(42-29)31(37)28-9-7-26(48-2)19-40-28/h3-11,19,22,37H,12-18,20-21,36H2,1-2H3,(H2,38,39,41)/t35-/m0/s1. The van der Waals surface area contributed by atoms with Gasteiger partial charge in [-0.05, 0) is 61.2 Å². The lowest BCUT2D eigenvalue weighted by Gasteiger charge is -2.29. The Morgan fingerprint density at radius 1 is 1.10 bits per heavy atom. The summed E-state index contributed by atoms with van der Waals surface area (Å²) in [5.74, 6) is 1.52. The number of anilines is 2. The van der Waals surface area contributed by atoms with Crippen molar-refractivity contribution < 1.29 is 14.3 Å². The third kappa shape index (κ3) is 6.54. The van der Waals surface area contributed by atoms with Gasteiger partial charge in [0.1, 0.15) is 35.1 Å². The minimum absolute atomic E-state index is 0.00198. The summed E-state index contributed by atoms with van der Waals surface area (Å²) in [4.78, 5) is 49.7. The molecule has 13 nitrogen and oxygen atoms in total. The molecule has 2 saturated heterocycles. The number of aromatic nitrogens is 2. The fourth-order valence-electron chi connectivity index (χ4n) is 6.59. The lowest BCUT2D eigenvalue weighted by Crippen LogP contribution is -2.43. The van der Waals surface area contributed by atoms with Gasteiger partial charge < -0.3 is 21.1 Å². The van der Waals surface area contributed by atoms with Crippen LogP contribution in [0.5, 0.6) is 5.75 Å². The number of rotatable bonds is 9. The lowest BCUT2D eigenvalue weighted by molar-refractivity contribution is -0.132. The second kappa shape index (κ2) is 13.7. The molecule has 13 heteroatoms. The molecule has 1 spiro atoms. The maximum atomic E-state index is 13.9. The highest BCUT2D eigenvalue weighted by Gasteiger charge is 2.51. The summed E-state index contributed by atoms with van der Waals surface area (Å²) < 4.78 is 5.16. The van der Waals surface area contributed by atoms with E-state index in [2.05, 4.69) is 30.9 Å². The molecule has 1 aromatic carbocycles. The Morgan fingerprint density at radius 3 is 2.58 bits per heavy atom. The fraction of sp³-hybridized carbons (Fsp3) is 0.343. The Morgan fingerprint density at radius 2 is 1.90 bits per heavy atom. The Labute approximate surface area is 279 Å². The molecule has 2 aromatic heterocycles. The fourth-order valence-corrected chi connectivity index (χ4v) is 6.59. The summed E-state index contributed by atoms with van der Waals surface area (Å²) in [5, 5.41) is 8.68. The molecule has 0 bridgehead atoms. The number of likely N-dealkylation sites (tertiary alicyclic amines) is 1. The van der Waals surface area contributed by atoms with Crippen LogP contribution in [0, 0.1) is 10.8 Å². The number of carbonyl (C=O) groups is 2. The smallest absolute Gasteiger partial charge is 0.237 e. The maximum Gasteiger partial charge on any atom is 0.237 e. The number of carbonyl (C=O) groups excluding carboxylic acids is 2. The van der Waals surface area contributed by atoms with E-state index in [4.69, 9.17) is 21.6 Å². The number of amides is 2. The number of aliphatic imine (C=N–C) groups is 2. The molecular formula is C35H40N10O3. The second-order valence-electron chi connectivity index (χ2n) is 12.3. The van der Waals surface area contributed by atoms with Crippen molar-refractivity contribution in [3.63, 3.8) is 0 Å². The minimum Gasteiger partial charge on any atom is -0.495 e. The van der Waals surface area contributed by atoms with Crippen molar-refractivity contribution in [2.45, 2.75) is 19.3 Å². The lowest BCUT2D eigenvalue weighted by atomic mass is 9.85. The summed E-state index contributed by atoms with van der Waals surface area (Å²) >= 11 is 0. The molecule has 3 aliphatic heterocycles. The van der Waals surface area contributed by atoms with Gasteiger partial charge in [-0.25, -0.2) is 9.98 Å².